The zero-order valence-electron chi connectivity index (χ0n) is 29.7. The fourth-order valence-electron chi connectivity index (χ4n) is 5.45. The Bertz CT molecular complexity index is 1700. The molecule has 0 unspecified atom stereocenters. The highest BCUT2D eigenvalue weighted by atomic mass is 28.4. The largest absolute Gasteiger partial charge is 0.443 e. The molecule has 0 radical (unpaired) electrons. The van der Waals surface area contributed by atoms with Crippen LogP contribution in [0.15, 0.2) is 42.6 Å². The van der Waals surface area contributed by atoms with Gasteiger partial charge in [0, 0.05) is 48.6 Å². The zero-order chi connectivity index (χ0) is 34.4. The number of anilines is 3. The second-order valence-corrected chi connectivity index (χ2v) is 20.7. The summed E-state index contributed by atoms with van der Waals surface area (Å²) < 4.78 is 12.6. The average molecular weight is 655 g/mol. The smallest absolute Gasteiger partial charge is 0.414 e. The number of hydrogen-bond donors (Lipinski definition) is 2. The van der Waals surface area contributed by atoms with Crippen LogP contribution >= 0.6 is 0 Å². The van der Waals surface area contributed by atoms with Crippen molar-refractivity contribution in [3.05, 3.63) is 64.8 Å². The second kappa shape index (κ2) is 12.7. The van der Waals surface area contributed by atoms with Crippen molar-refractivity contribution in [1.82, 2.24) is 15.3 Å². The number of nitrogens with one attached hydrogen (secondary N) is 2. The summed E-state index contributed by atoms with van der Waals surface area (Å²) in [6.45, 7) is 22.4. The SMILES string of the molecule is Cc1ccc(CNC2CC2)cc1Nc1nccc(-c2cc(C#N)c3c(c2)[C@@](C)(CO[Si](C)(C)C(C)(C)C)CN3C(=O)OC(C)(C)C)n1. The van der Waals surface area contributed by atoms with Gasteiger partial charge < -0.3 is 19.8 Å². The van der Waals surface area contributed by atoms with Gasteiger partial charge in [-0.3, -0.25) is 4.90 Å². The third-order valence-electron chi connectivity index (χ3n) is 9.50. The Morgan fingerprint density at radius 2 is 1.85 bits per heavy atom. The van der Waals surface area contributed by atoms with Crippen LogP contribution in [0, 0.1) is 18.3 Å². The van der Waals surface area contributed by atoms with E-state index in [1.165, 1.54) is 18.4 Å². The number of carbonyl (C=O) groups is 1. The molecule has 5 rings (SSSR count). The van der Waals surface area contributed by atoms with E-state index in [1.54, 1.807) is 17.2 Å². The maximum Gasteiger partial charge on any atom is 0.414 e. The molecule has 2 aromatic carbocycles. The van der Waals surface area contributed by atoms with Crippen molar-refractivity contribution < 1.29 is 14.0 Å². The van der Waals surface area contributed by atoms with E-state index in [1.807, 2.05) is 26.8 Å². The number of nitrogens with zero attached hydrogens (tertiary/aromatic N) is 4. The molecule has 2 heterocycles. The first kappa shape index (κ1) is 34.5. The van der Waals surface area contributed by atoms with E-state index in [4.69, 9.17) is 14.1 Å². The van der Waals surface area contributed by atoms with Crippen LogP contribution in [-0.2, 0) is 21.1 Å². The van der Waals surface area contributed by atoms with Gasteiger partial charge in [0.2, 0.25) is 5.95 Å². The van der Waals surface area contributed by atoms with E-state index in [9.17, 15) is 10.1 Å². The highest BCUT2D eigenvalue weighted by Crippen LogP contribution is 2.47. The van der Waals surface area contributed by atoms with E-state index in [0.29, 0.717) is 42.1 Å². The number of fused-ring (bicyclic) bond motifs is 1. The molecule has 0 spiro atoms. The van der Waals surface area contributed by atoms with Gasteiger partial charge in [0.05, 0.1) is 16.9 Å². The Labute approximate surface area is 281 Å². The Morgan fingerprint density at radius 3 is 2.49 bits per heavy atom. The van der Waals surface area contributed by atoms with Crippen LogP contribution in [-0.4, -0.2) is 49.2 Å². The van der Waals surface area contributed by atoms with Crippen LogP contribution < -0.4 is 15.5 Å². The molecule has 1 aliphatic heterocycles. The summed E-state index contributed by atoms with van der Waals surface area (Å²) in [4.78, 5) is 24.6. The lowest BCUT2D eigenvalue weighted by Crippen LogP contribution is -2.46. The lowest BCUT2D eigenvalue weighted by Gasteiger charge is -2.39. The molecular weight excluding hydrogens is 605 g/mol. The third-order valence-corrected chi connectivity index (χ3v) is 14.0. The van der Waals surface area contributed by atoms with Crippen molar-refractivity contribution in [3.63, 3.8) is 0 Å². The monoisotopic (exact) mass is 654 g/mol. The minimum absolute atomic E-state index is 0.0191. The van der Waals surface area contributed by atoms with Crippen LogP contribution in [0.2, 0.25) is 18.1 Å². The van der Waals surface area contributed by atoms with Gasteiger partial charge in [-0.05, 0) is 99.6 Å². The topological polar surface area (TPSA) is 112 Å². The number of aromatic nitrogens is 2. The number of aryl methyl sites for hydroxylation is 1. The van der Waals surface area contributed by atoms with Gasteiger partial charge in [-0.2, -0.15) is 5.26 Å². The van der Waals surface area contributed by atoms with Gasteiger partial charge in [-0.25, -0.2) is 14.8 Å². The molecule has 10 heteroatoms. The predicted octanol–water partition coefficient (Wildman–Crippen LogP) is 8.35. The molecule has 47 heavy (non-hydrogen) atoms. The van der Waals surface area contributed by atoms with E-state index in [0.717, 1.165) is 28.9 Å². The molecule has 0 saturated heterocycles. The Balaban J connectivity index is 1.51. The summed E-state index contributed by atoms with van der Waals surface area (Å²) in [7, 11) is -2.12. The first-order valence-corrected chi connectivity index (χ1v) is 19.5. The van der Waals surface area contributed by atoms with Gasteiger partial charge in [0.1, 0.15) is 11.7 Å². The van der Waals surface area contributed by atoms with E-state index >= 15 is 0 Å². The van der Waals surface area contributed by atoms with E-state index in [2.05, 4.69) is 93.7 Å². The fraction of sp³-hybridized carbons (Fsp3) is 0.514. The summed E-state index contributed by atoms with van der Waals surface area (Å²) in [6.07, 6.45) is 3.74. The van der Waals surface area contributed by atoms with Crippen LogP contribution in [0.5, 0.6) is 0 Å². The average Bonchev–Trinajstić information content (AvgIpc) is 3.77. The number of nitriles is 1. The van der Waals surface area contributed by atoms with Crippen molar-refractivity contribution in [3.8, 4) is 17.3 Å². The third kappa shape index (κ3) is 7.86. The van der Waals surface area contributed by atoms with Gasteiger partial charge in [-0.1, -0.05) is 39.8 Å². The highest BCUT2D eigenvalue weighted by molar-refractivity contribution is 6.74. The molecular formula is C37H50N6O3Si. The lowest BCUT2D eigenvalue weighted by molar-refractivity contribution is 0.0575. The number of ether oxygens (including phenoxy) is 1. The Kier molecular flexibility index (Phi) is 9.32. The van der Waals surface area contributed by atoms with E-state index in [-0.39, 0.29) is 5.04 Å². The van der Waals surface area contributed by atoms with E-state index < -0.39 is 25.4 Å². The molecule has 2 N–H and O–H groups in total. The number of rotatable bonds is 9. The van der Waals surface area contributed by atoms with Gasteiger partial charge >= 0.3 is 6.09 Å². The van der Waals surface area contributed by atoms with Crippen molar-refractivity contribution in [1.29, 1.82) is 5.26 Å². The quantitative estimate of drug-likeness (QED) is 0.222. The molecule has 2 aliphatic rings. The van der Waals surface area contributed by atoms with Crippen LogP contribution in [0.25, 0.3) is 11.3 Å². The molecule has 1 aliphatic carbocycles. The first-order valence-electron chi connectivity index (χ1n) is 16.6. The Morgan fingerprint density at radius 1 is 1.13 bits per heavy atom. The maximum absolute atomic E-state index is 13.6. The molecule has 1 aromatic heterocycles. The van der Waals surface area contributed by atoms with Gasteiger partial charge in [-0.15, -0.1) is 0 Å². The molecule has 3 aromatic rings. The summed E-state index contributed by atoms with van der Waals surface area (Å²) in [5, 5.41) is 17.4. The molecule has 0 bridgehead atoms. The van der Waals surface area contributed by atoms with Gasteiger partial charge in [0.25, 0.3) is 0 Å². The standard InChI is InChI=1S/C37H50N6O3Si/c1-24-11-12-25(21-40-28-13-14-28)17-31(24)42-33-39-16-15-30(41-33)26-18-27(20-38)32-29(19-26)37(8,23-45-47(9,10)36(5,6)7)22-43(32)34(44)46-35(2,3)4/h11-12,15-19,28,40H,13-14,21-23H2,1-10H3,(H,39,41,42)/t37-/m1/s1. The van der Waals surface area contributed by atoms with Crippen LogP contribution in [0.4, 0.5) is 22.1 Å². The lowest BCUT2D eigenvalue weighted by atomic mass is 9.83. The summed E-state index contributed by atoms with van der Waals surface area (Å²) in [5.74, 6) is 0.469. The molecule has 1 fully saturated rings. The van der Waals surface area contributed by atoms with Crippen molar-refractivity contribution >= 4 is 31.7 Å². The van der Waals surface area contributed by atoms with Crippen molar-refractivity contribution in [2.75, 3.05) is 23.4 Å². The highest BCUT2D eigenvalue weighted by Gasteiger charge is 2.47. The van der Waals surface area contributed by atoms with Gasteiger partial charge in [0.15, 0.2) is 8.32 Å². The first-order chi connectivity index (χ1) is 21.9. The molecule has 1 amide bonds. The normalized spacial score (nSPS) is 18.1. The minimum Gasteiger partial charge on any atom is -0.443 e. The van der Waals surface area contributed by atoms with Crippen LogP contribution in [0.1, 0.15) is 83.6 Å². The zero-order valence-corrected chi connectivity index (χ0v) is 30.7. The fourth-order valence-corrected chi connectivity index (χ4v) is 6.56. The number of carbonyl (C=O) groups excluding carboxylic acids is 1. The molecule has 1 atom stereocenters. The van der Waals surface area contributed by atoms with Crippen molar-refractivity contribution in [2.45, 2.75) is 110 Å². The number of hydrogen-bond acceptors (Lipinski definition) is 8. The molecule has 250 valence electrons. The maximum atomic E-state index is 13.6. The molecule has 1 saturated carbocycles. The summed E-state index contributed by atoms with van der Waals surface area (Å²) in [5.41, 5.74) is 5.27. The second-order valence-electron chi connectivity index (χ2n) is 15.9. The summed E-state index contributed by atoms with van der Waals surface area (Å²) >= 11 is 0. The van der Waals surface area contributed by atoms with Crippen LogP contribution in [0.3, 0.4) is 0 Å². The number of amides is 1. The van der Waals surface area contributed by atoms with Crippen molar-refractivity contribution in [2.24, 2.45) is 0 Å². The predicted molar refractivity (Wildman–Crippen MR) is 191 cm³/mol. The minimum atomic E-state index is -2.12. The molecule has 9 nitrogen and oxygen atoms in total. The summed E-state index contributed by atoms with van der Waals surface area (Å²) in [6, 6.07) is 15.1. The Hall–Kier alpha value is -3.78. The number of benzene rings is 2.